The molecule has 0 aromatic heterocycles. The van der Waals surface area contributed by atoms with Gasteiger partial charge in [0.1, 0.15) is 5.41 Å². The minimum Gasteiger partial charge on any atom is -0.312 e. The molecule has 19 heavy (non-hydrogen) atoms. The molecule has 1 heterocycles. The van der Waals surface area contributed by atoms with E-state index in [-0.39, 0.29) is 11.8 Å². The zero-order valence-corrected chi connectivity index (χ0v) is 12.2. The molecule has 4 heteroatoms. The summed E-state index contributed by atoms with van der Waals surface area (Å²) in [5.41, 5.74) is 1.61. The number of nitrogens with zero attached hydrogens (tertiary/aromatic N) is 2. The second-order valence-electron chi connectivity index (χ2n) is 5.48. The van der Waals surface area contributed by atoms with E-state index >= 15 is 0 Å². The number of hydrogen-bond acceptors (Lipinski definition) is 2. The lowest BCUT2D eigenvalue weighted by Crippen LogP contribution is -2.47. The summed E-state index contributed by atoms with van der Waals surface area (Å²) in [7, 11) is 1.74. The highest BCUT2D eigenvalue weighted by molar-refractivity contribution is 6.20. The summed E-state index contributed by atoms with van der Waals surface area (Å²) >= 11 is 0. The highest BCUT2D eigenvalue weighted by atomic mass is 16.2. The first kappa shape index (κ1) is 13.6. The number of fused-ring (bicyclic) bond motifs is 1. The summed E-state index contributed by atoms with van der Waals surface area (Å²) < 4.78 is 0. The van der Waals surface area contributed by atoms with Gasteiger partial charge in [0.25, 0.3) is 0 Å². The Kier molecular flexibility index (Phi) is 3.12. The molecule has 1 aromatic rings. The summed E-state index contributed by atoms with van der Waals surface area (Å²) in [6, 6.07) is 5.77. The van der Waals surface area contributed by atoms with Crippen LogP contribution in [0.2, 0.25) is 0 Å². The molecule has 2 rings (SSSR count). The summed E-state index contributed by atoms with van der Waals surface area (Å²) in [6.07, 6.45) is 0. The second kappa shape index (κ2) is 4.37. The van der Waals surface area contributed by atoms with Gasteiger partial charge in [-0.15, -0.1) is 0 Å². The first-order chi connectivity index (χ1) is 8.82. The Labute approximate surface area is 114 Å². The Morgan fingerprint density at radius 1 is 1.16 bits per heavy atom. The average molecular weight is 260 g/mol. The minimum absolute atomic E-state index is 0.142. The predicted molar refractivity (Wildman–Crippen MR) is 76.4 cm³/mol. The standard InChI is InChI=1S/C15H20N2O2/c1-6-17-11-9-7-8-10(2)12(11)16(5)13(18)15(3,4)14(17)19/h7-9H,6H2,1-5H3. The average Bonchev–Trinajstić information content (AvgIpc) is 2.41. The molecule has 0 radical (unpaired) electrons. The van der Waals surface area contributed by atoms with Crippen LogP contribution in [0.4, 0.5) is 11.4 Å². The molecule has 1 aromatic carbocycles. The molecule has 0 aliphatic carbocycles. The molecule has 1 aliphatic heterocycles. The minimum atomic E-state index is -1.03. The Bertz CT molecular complexity index is 549. The molecule has 102 valence electrons. The Morgan fingerprint density at radius 3 is 2.37 bits per heavy atom. The van der Waals surface area contributed by atoms with Crippen molar-refractivity contribution in [2.75, 3.05) is 23.4 Å². The van der Waals surface area contributed by atoms with Gasteiger partial charge in [-0.2, -0.15) is 0 Å². The number of benzene rings is 1. The molecule has 4 nitrogen and oxygen atoms in total. The topological polar surface area (TPSA) is 40.6 Å². The molecule has 0 saturated heterocycles. The van der Waals surface area contributed by atoms with Crippen LogP contribution in [0.15, 0.2) is 18.2 Å². The number of aryl methyl sites for hydroxylation is 1. The molecule has 0 N–H and O–H groups in total. The molecule has 1 aliphatic rings. The van der Waals surface area contributed by atoms with Gasteiger partial charge in [0, 0.05) is 13.6 Å². The predicted octanol–water partition coefficient (Wildman–Crippen LogP) is 2.35. The Balaban J connectivity index is 2.75. The van der Waals surface area contributed by atoms with E-state index in [1.807, 2.05) is 32.0 Å². The zero-order valence-electron chi connectivity index (χ0n) is 12.2. The normalized spacial score (nSPS) is 18.4. The molecule has 0 saturated carbocycles. The van der Waals surface area contributed by atoms with Gasteiger partial charge in [0.15, 0.2) is 0 Å². The highest BCUT2D eigenvalue weighted by Gasteiger charge is 2.45. The first-order valence-corrected chi connectivity index (χ1v) is 6.52. The number of carbonyl (C=O) groups excluding carboxylic acids is 2. The number of rotatable bonds is 1. The van der Waals surface area contributed by atoms with E-state index in [4.69, 9.17) is 0 Å². The molecular weight excluding hydrogens is 240 g/mol. The van der Waals surface area contributed by atoms with Crippen LogP contribution in [0, 0.1) is 12.3 Å². The summed E-state index contributed by atoms with van der Waals surface area (Å²) in [5.74, 6) is -0.305. The van der Waals surface area contributed by atoms with Crippen LogP contribution in [-0.2, 0) is 9.59 Å². The quantitative estimate of drug-likeness (QED) is 0.727. The fourth-order valence-corrected chi connectivity index (χ4v) is 2.67. The van der Waals surface area contributed by atoms with Gasteiger partial charge in [-0.3, -0.25) is 9.59 Å². The van der Waals surface area contributed by atoms with Crippen molar-refractivity contribution in [2.45, 2.75) is 27.7 Å². The maximum absolute atomic E-state index is 12.6. The van der Waals surface area contributed by atoms with Crippen LogP contribution in [0.1, 0.15) is 26.3 Å². The molecule has 0 bridgehead atoms. The number of hydrogen-bond donors (Lipinski definition) is 0. The van der Waals surface area contributed by atoms with Crippen LogP contribution in [0.5, 0.6) is 0 Å². The van der Waals surface area contributed by atoms with Crippen molar-refractivity contribution >= 4 is 23.2 Å². The summed E-state index contributed by atoms with van der Waals surface area (Å²) in [5, 5.41) is 0. The van der Waals surface area contributed by atoms with Gasteiger partial charge in [-0.05, 0) is 39.3 Å². The van der Waals surface area contributed by atoms with Crippen molar-refractivity contribution in [1.29, 1.82) is 0 Å². The van der Waals surface area contributed by atoms with E-state index in [0.717, 1.165) is 16.9 Å². The number of para-hydroxylation sites is 1. The van der Waals surface area contributed by atoms with Crippen LogP contribution in [-0.4, -0.2) is 25.4 Å². The molecule has 0 spiro atoms. The van der Waals surface area contributed by atoms with Gasteiger partial charge < -0.3 is 9.80 Å². The van der Waals surface area contributed by atoms with E-state index in [9.17, 15) is 9.59 Å². The van der Waals surface area contributed by atoms with Crippen molar-refractivity contribution in [3.05, 3.63) is 23.8 Å². The largest absolute Gasteiger partial charge is 0.312 e. The third-order valence-electron chi connectivity index (χ3n) is 3.78. The lowest BCUT2D eigenvalue weighted by Gasteiger charge is -2.27. The van der Waals surface area contributed by atoms with Crippen molar-refractivity contribution < 1.29 is 9.59 Å². The zero-order chi connectivity index (χ0) is 14.4. The summed E-state index contributed by atoms with van der Waals surface area (Å²) in [4.78, 5) is 28.4. The van der Waals surface area contributed by atoms with Gasteiger partial charge in [0.05, 0.1) is 11.4 Å². The fraction of sp³-hybridized carbons (Fsp3) is 0.467. The fourth-order valence-electron chi connectivity index (χ4n) is 2.67. The third-order valence-corrected chi connectivity index (χ3v) is 3.78. The molecule has 0 atom stereocenters. The van der Waals surface area contributed by atoms with Crippen molar-refractivity contribution in [3.8, 4) is 0 Å². The Morgan fingerprint density at radius 2 is 1.79 bits per heavy atom. The van der Waals surface area contributed by atoms with Crippen LogP contribution >= 0.6 is 0 Å². The van der Waals surface area contributed by atoms with E-state index in [0.29, 0.717) is 6.54 Å². The summed E-state index contributed by atoms with van der Waals surface area (Å²) in [6.45, 7) is 7.82. The van der Waals surface area contributed by atoms with Gasteiger partial charge in [-0.25, -0.2) is 0 Å². The van der Waals surface area contributed by atoms with Crippen LogP contribution in [0.25, 0.3) is 0 Å². The van der Waals surface area contributed by atoms with Crippen molar-refractivity contribution in [3.63, 3.8) is 0 Å². The van der Waals surface area contributed by atoms with E-state index in [2.05, 4.69) is 0 Å². The van der Waals surface area contributed by atoms with Gasteiger partial charge >= 0.3 is 0 Å². The molecular formula is C15H20N2O2. The van der Waals surface area contributed by atoms with Gasteiger partial charge in [-0.1, -0.05) is 12.1 Å². The maximum Gasteiger partial charge on any atom is 0.242 e. The molecule has 2 amide bonds. The van der Waals surface area contributed by atoms with Gasteiger partial charge in [0.2, 0.25) is 11.8 Å². The molecule has 0 unspecified atom stereocenters. The third kappa shape index (κ3) is 1.82. The van der Waals surface area contributed by atoms with E-state index < -0.39 is 5.41 Å². The number of amides is 2. The van der Waals surface area contributed by atoms with E-state index in [1.165, 1.54) is 0 Å². The SMILES string of the molecule is CCN1C(=O)C(C)(C)C(=O)N(C)c2c(C)cccc21. The highest BCUT2D eigenvalue weighted by Crippen LogP contribution is 2.39. The molecule has 0 fully saturated rings. The van der Waals surface area contributed by atoms with Crippen LogP contribution in [0.3, 0.4) is 0 Å². The van der Waals surface area contributed by atoms with E-state index in [1.54, 1.807) is 30.7 Å². The smallest absolute Gasteiger partial charge is 0.242 e. The second-order valence-corrected chi connectivity index (χ2v) is 5.48. The van der Waals surface area contributed by atoms with Crippen LogP contribution < -0.4 is 9.80 Å². The number of anilines is 2. The maximum atomic E-state index is 12.6. The monoisotopic (exact) mass is 260 g/mol. The lowest BCUT2D eigenvalue weighted by molar-refractivity contribution is -0.137. The van der Waals surface area contributed by atoms with Crippen molar-refractivity contribution in [1.82, 2.24) is 0 Å². The Hall–Kier alpha value is -1.84. The first-order valence-electron chi connectivity index (χ1n) is 6.52. The number of carbonyl (C=O) groups is 2. The van der Waals surface area contributed by atoms with Crippen molar-refractivity contribution in [2.24, 2.45) is 5.41 Å². The lowest BCUT2D eigenvalue weighted by atomic mass is 9.90.